The summed E-state index contributed by atoms with van der Waals surface area (Å²) < 4.78 is 33.6. The van der Waals surface area contributed by atoms with Gasteiger partial charge in [-0.2, -0.15) is 0 Å². The summed E-state index contributed by atoms with van der Waals surface area (Å²) in [5.41, 5.74) is 2.90. The molecule has 0 radical (unpaired) electrons. The van der Waals surface area contributed by atoms with Gasteiger partial charge in [0.15, 0.2) is 0 Å². The van der Waals surface area contributed by atoms with Crippen LogP contribution in [0.1, 0.15) is 27.7 Å². The van der Waals surface area contributed by atoms with Gasteiger partial charge in [0.1, 0.15) is 0 Å². The summed E-state index contributed by atoms with van der Waals surface area (Å²) in [5.74, 6) is -0.462. The van der Waals surface area contributed by atoms with Gasteiger partial charge in [-0.3, -0.25) is 4.72 Å². The lowest BCUT2D eigenvalue weighted by Crippen LogP contribution is -2.26. The van der Waals surface area contributed by atoms with E-state index in [4.69, 9.17) is 4.74 Å². The van der Waals surface area contributed by atoms with Crippen molar-refractivity contribution in [2.45, 2.75) is 18.0 Å². The van der Waals surface area contributed by atoms with Crippen molar-refractivity contribution in [1.82, 2.24) is 0 Å². The number of aryl methyl sites for hydroxylation is 1. The van der Waals surface area contributed by atoms with Crippen molar-refractivity contribution in [3.63, 3.8) is 0 Å². The number of hydrogen-bond donors (Lipinski definition) is 2. The van der Waals surface area contributed by atoms with Gasteiger partial charge < -0.3 is 10.1 Å². The second-order valence-corrected chi connectivity index (χ2v) is 8.16. The average molecular weight is 394 g/mol. The van der Waals surface area contributed by atoms with Crippen LogP contribution < -0.4 is 10.0 Å². The third kappa shape index (κ3) is 3.44. The average Bonchev–Trinajstić information content (AvgIpc) is 2.68. The maximum absolute atomic E-state index is 12.8. The topological polar surface area (TPSA) is 84.5 Å². The molecule has 0 aliphatic carbocycles. The van der Waals surface area contributed by atoms with Crippen LogP contribution in [0, 0.1) is 6.92 Å². The molecule has 0 aromatic heterocycles. The molecule has 0 spiro atoms. The van der Waals surface area contributed by atoms with E-state index in [9.17, 15) is 13.2 Å². The Labute approximate surface area is 163 Å². The minimum atomic E-state index is -3.78. The van der Waals surface area contributed by atoms with Crippen molar-refractivity contribution in [1.29, 1.82) is 0 Å². The van der Waals surface area contributed by atoms with Crippen molar-refractivity contribution in [2.24, 2.45) is 0 Å². The number of sulfonamides is 1. The van der Waals surface area contributed by atoms with Crippen LogP contribution in [-0.2, 0) is 14.8 Å². The van der Waals surface area contributed by atoms with Crippen molar-refractivity contribution in [2.75, 3.05) is 10.0 Å². The molecule has 1 aliphatic heterocycles. The van der Waals surface area contributed by atoms with Gasteiger partial charge >= 0.3 is 5.97 Å². The number of esters is 1. The molecule has 3 aromatic rings. The van der Waals surface area contributed by atoms with Crippen LogP contribution in [-0.4, -0.2) is 14.4 Å². The van der Waals surface area contributed by atoms with Crippen molar-refractivity contribution in [3.05, 3.63) is 89.5 Å². The summed E-state index contributed by atoms with van der Waals surface area (Å²) in [4.78, 5) is 12.5. The van der Waals surface area contributed by atoms with Gasteiger partial charge in [-0.25, -0.2) is 13.2 Å². The van der Waals surface area contributed by atoms with Crippen LogP contribution >= 0.6 is 0 Å². The first kappa shape index (κ1) is 18.1. The molecule has 6 nitrogen and oxygen atoms in total. The molecule has 3 aromatic carbocycles. The number of carbonyl (C=O) groups excluding carboxylic acids is 1. The highest BCUT2D eigenvalue weighted by molar-refractivity contribution is 7.92. The first-order chi connectivity index (χ1) is 13.4. The number of cyclic esters (lactones) is 1. The van der Waals surface area contributed by atoms with Crippen LogP contribution in [0.3, 0.4) is 0 Å². The number of hydrogen-bond acceptors (Lipinski definition) is 5. The highest BCUT2D eigenvalue weighted by Gasteiger charge is 2.29. The van der Waals surface area contributed by atoms with E-state index in [-0.39, 0.29) is 4.90 Å². The van der Waals surface area contributed by atoms with E-state index in [0.29, 0.717) is 22.5 Å². The van der Waals surface area contributed by atoms with Crippen LogP contribution in [0.2, 0.25) is 0 Å². The number of carbonyl (C=O) groups is 1. The Kier molecular flexibility index (Phi) is 4.52. The SMILES string of the molecule is Cc1ccc(S(=O)(=O)Nc2ccccc2C2Nc3ccccc3C(=O)O2)cc1. The van der Waals surface area contributed by atoms with Gasteiger partial charge in [-0.15, -0.1) is 0 Å². The minimum absolute atomic E-state index is 0.159. The van der Waals surface area contributed by atoms with Crippen LogP contribution in [0.5, 0.6) is 0 Å². The Morgan fingerprint density at radius 2 is 1.61 bits per heavy atom. The molecule has 0 fully saturated rings. The number of anilines is 2. The van der Waals surface area contributed by atoms with Crippen LogP contribution in [0.15, 0.2) is 77.7 Å². The second-order valence-electron chi connectivity index (χ2n) is 6.48. The second kappa shape index (κ2) is 7.01. The van der Waals surface area contributed by atoms with Crippen molar-refractivity contribution < 1.29 is 17.9 Å². The van der Waals surface area contributed by atoms with Crippen LogP contribution in [0.25, 0.3) is 0 Å². The molecule has 1 unspecified atom stereocenters. The maximum Gasteiger partial charge on any atom is 0.342 e. The summed E-state index contributed by atoms with van der Waals surface area (Å²) >= 11 is 0. The van der Waals surface area contributed by atoms with E-state index in [2.05, 4.69) is 10.0 Å². The van der Waals surface area contributed by atoms with Gasteiger partial charge in [0, 0.05) is 5.56 Å². The maximum atomic E-state index is 12.8. The molecule has 142 valence electrons. The standard InChI is InChI=1S/C21H18N2O4S/c1-14-10-12-15(13-11-14)28(25,26)23-19-9-5-2-6-16(19)20-22-18-8-4-3-7-17(18)21(24)27-20/h2-13,20,22-23H,1H3. The summed E-state index contributed by atoms with van der Waals surface area (Å²) in [6, 6.07) is 20.4. The molecule has 0 saturated carbocycles. The van der Waals surface area contributed by atoms with E-state index in [1.807, 2.05) is 13.0 Å². The quantitative estimate of drug-likeness (QED) is 0.652. The number of nitrogens with one attached hydrogen (secondary N) is 2. The molecule has 2 N–H and O–H groups in total. The van der Waals surface area contributed by atoms with Gasteiger partial charge in [-0.05, 0) is 37.3 Å². The molecule has 0 amide bonds. The van der Waals surface area contributed by atoms with Gasteiger partial charge in [0.05, 0.1) is 21.8 Å². The van der Waals surface area contributed by atoms with Crippen molar-refractivity contribution in [3.8, 4) is 0 Å². The predicted molar refractivity (Wildman–Crippen MR) is 107 cm³/mol. The normalized spacial score (nSPS) is 15.9. The zero-order valence-corrected chi connectivity index (χ0v) is 15.9. The monoisotopic (exact) mass is 394 g/mol. The first-order valence-electron chi connectivity index (χ1n) is 8.69. The zero-order valence-electron chi connectivity index (χ0n) is 15.0. The Morgan fingerprint density at radius 1 is 0.929 bits per heavy atom. The van der Waals surface area contributed by atoms with E-state index in [1.54, 1.807) is 66.7 Å². The number of ether oxygens (including phenoxy) is 1. The molecule has 7 heteroatoms. The highest BCUT2D eigenvalue weighted by atomic mass is 32.2. The molecule has 4 rings (SSSR count). The first-order valence-corrected chi connectivity index (χ1v) is 10.2. The number of fused-ring (bicyclic) bond motifs is 1. The van der Waals surface area contributed by atoms with Crippen molar-refractivity contribution >= 4 is 27.4 Å². The summed E-state index contributed by atoms with van der Waals surface area (Å²) in [6.45, 7) is 1.89. The Morgan fingerprint density at radius 3 is 2.39 bits per heavy atom. The van der Waals surface area contributed by atoms with E-state index in [1.165, 1.54) is 0 Å². The summed E-state index contributed by atoms with van der Waals surface area (Å²) in [6.07, 6.45) is -0.806. The minimum Gasteiger partial charge on any atom is -0.434 e. The lowest BCUT2D eigenvalue weighted by atomic mass is 10.1. The third-order valence-corrected chi connectivity index (χ3v) is 5.86. The number of benzene rings is 3. The smallest absolute Gasteiger partial charge is 0.342 e. The fraction of sp³-hybridized carbons (Fsp3) is 0.0952. The lowest BCUT2D eigenvalue weighted by Gasteiger charge is -2.28. The Bertz CT molecular complexity index is 1140. The molecule has 1 atom stereocenters. The summed E-state index contributed by atoms with van der Waals surface area (Å²) in [5, 5.41) is 3.14. The zero-order chi connectivity index (χ0) is 19.7. The van der Waals surface area contributed by atoms with Gasteiger partial charge in [0.2, 0.25) is 6.23 Å². The van der Waals surface area contributed by atoms with E-state index < -0.39 is 22.2 Å². The molecular formula is C21H18N2O4S. The molecule has 1 aliphatic rings. The number of para-hydroxylation sites is 2. The van der Waals surface area contributed by atoms with E-state index in [0.717, 1.165) is 5.56 Å². The Hall–Kier alpha value is -3.32. The lowest BCUT2D eigenvalue weighted by molar-refractivity contribution is 0.0332. The fourth-order valence-electron chi connectivity index (χ4n) is 3.01. The highest BCUT2D eigenvalue weighted by Crippen LogP contribution is 2.34. The van der Waals surface area contributed by atoms with E-state index >= 15 is 0 Å². The fourth-order valence-corrected chi connectivity index (χ4v) is 4.10. The molecule has 0 saturated heterocycles. The van der Waals surface area contributed by atoms with Crippen LogP contribution in [0.4, 0.5) is 11.4 Å². The largest absolute Gasteiger partial charge is 0.434 e. The van der Waals surface area contributed by atoms with Gasteiger partial charge in [-0.1, -0.05) is 48.0 Å². The van der Waals surface area contributed by atoms with Gasteiger partial charge in [0.25, 0.3) is 10.0 Å². The summed E-state index contributed by atoms with van der Waals surface area (Å²) in [7, 11) is -3.78. The molecule has 0 bridgehead atoms. The number of rotatable bonds is 4. The predicted octanol–water partition coefficient (Wildman–Crippen LogP) is 4.08. The molecule has 1 heterocycles. The molecular weight excluding hydrogens is 376 g/mol. The molecule has 28 heavy (non-hydrogen) atoms. The Balaban J connectivity index is 1.67. The third-order valence-electron chi connectivity index (χ3n) is 4.48.